The Morgan fingerprint density at radius 3 is 1.48 bits per heavy atom. The van der Waals surface area contributed by atoms with E-state index in [0.717, 1.165) is 37.0 Å². The summed E-state index contributed by atoms with van der Waals surface area (Å²) in [5.74, 6) is 2.53. The van der Waals surface area contributed by atoms with Crippen LogP contribution in [0.1, 0.15) is 86.7 Å². The standard InChI is InChI=1S/C36H46N4S2/c1(11-23-37-35-27-15-3-7-19-31(27)39-32-20-8-4-16-28(32)35)13-25-41-42-26-14-2-12-24-38-36-29-17-5-9-21-33(29)40-34-22-10-6-18-30(34)36/h3,5,7,9,15,17,19,21H,1-2,4,6,8,10-14,16,18,20,22-26H2,(H,37,39)(H,38,40). The maximum atomic E-state index is 4.98. The van der Waals surface area contributed by atoms with Crippen LogP contribution in [0.3, 0.4) is 0 Å². The van der Waals surface area contributed by atoms with Crippen molar-refractivity contribution in [3.05, 3.63) is 71.0 Å². The van der Waals surface area contributed by atoms with Crippen LogP contribution >= 0.6 is 21.6 Å². The number of rotatable bonds is 15. The number of hydrogen-bond donors (Lipinski definition) is 2. The normalized spacial score (nSPS) is 14.6. The molecule has 0 amide bonds. The molecule has 0 bridgehead atoms. The number of pyridine rings is 2. The zero-order chi connectivity index (χ0) is 28.4. The van der Waals surface area contributed by atoms with Gasteiger partial charge in [0.15, 0.2) is 0 Å². The summed E-state index contributed by atoms with van der Waals surface area (Å²) in [7, 11) is 4.14. The predicted octanol–water partition coefficient (Wildman–Crippen LogP) is 9.79. The van der Waals surface area contributed by atoms with Crippen LogP contribution in [0.5, 0.6) is 0 Å². The van der Waals surface area contributed by atoms with Crippen molar-refractivity contribution in [2.24, 2.45) is 0 Å². The number of para-hydroxylation sites is 2. The van der Waals surface area contributed by atoms with Gasteiger partial charge < -0.3 is 10.6 Å². The number of anilines is 2. The first-order chi connectivity index (χ1) is 20.9. The molecule has 6 heteroatoms. The van der Waals surface area contributed by atoms with E-state index in [2.05, 4.69) is 80.8 Å². The highest BCUT2D eigenvalue weighted by atomic mass is 33.1. The average Bonchev–Trinajstić information content (AvgIpc) is 3.04. The Morgan fingerprint density at radius 2 is 0.976 bits per heavy atom. The molecule has 42 heavy (non-hydrogen) atoms. The van der Waals surface area contributed by atoms with E-state index < -0.39 is 0 Å². The number of hydrogen-bond acceptors (Lipinski definition) is 6. The minimum atomic E-state index is 1.06. The average molecular weight is 599 g/mol. The van der Waals surface area contributed by atoms with Crippen molar-refractivity contribution in [1.82, 2.24) is 9.97 Å². The fraction of sp³-hybridized carbons (Fsp3) is 0.500. The molecule has 0 unspecified atom stereocenters. The third-order valence-electron chi connectivity index (χ3n) is 8.83. The van der Waals surface area contributed by atoms with Crippen LogP contribution in [0.2, 0.25) is 0 Å². The molecule has 0 radical (unpaired) electrons. The Bertz CT molecular complexity index is 1360. The highest BCUT2D eigenvalue weighted by Crippen LogP contribution is 2.34. The highest BCUT2D eigenvalue weighted by molar-refractivity contribution is 8.76. The van der Waals surface area contributed by atoms with E-state index in [1.165, 1.54) is 133 Å². The molecule has 2 aromatic carbocycles. The van der Waals surface area contributed by atoms with Gasteiger partial charge in [-0.1, -0.05) is 70.8 Å². The fourth-order valence-corrected chi connectivity index (χ4v) is 8.91. The second-order valence-electron chi connectivity index (χ2n) is 11.9. The highest BCUT2D eigenvalue weighted by Gasteiger charge is 2.19. The minimum Gasteiger partial charge on any atom is -0.384 e. The van der Waals surface area contributed by atoms with Gasteiger partial charge >= 0.3 is 0 Å². The second kappa shape index (κ2) is 15.3. The van der Waals surface area contributed by atoms with Gasteiger partial charge in [-0.15, -0.1) is 0 Å². The zero-order valence-electron chi connectivity index (χ0n) is 25.1. The van der Waals surface area contributed by atoms with Crippen molar-refractivity contribution in [3.63, 3.8) is 0 Å². The topological polar surface area (TPSA) is 49.8 Å². The lowest BCUT2D eigenvalue weighted by atomic mass is 9.92. The molecule has 2 aromatic heterocycles. The maximum absolute atomic E-state index is 4.98. The number of nitrogens with zero attached hydrogens (tertiary/aromatic N) is 2. The molecule has 2 aliphatic carbocycles. The van der Waals surface area contributed by atoms with Crippen molar-refractivity contribution in [3.8, 4) is 0 Å². The molecule has 0 saturated carbocycles. The monoisotopic (exact) mass is 598 g/mol. The van der Waals surface area contributed by atoms with E-state index in [-0.39, 0.29) is 0 Å². The Labute approximate surface area is 260 Å². The number of aryl methyl sites for hydroxylation is 2. The molecule has 0 atom stereocenters. The molecule has 4 nitrogen and oxygen atoms in total. The minimum absolute atomic E-state index is 1.06. The van der Waals surface area contributed by atoms with Crippen molar-refractivity contribution in [2.75, 3.05) is 35.2 Å². The molecule has 6 rings (SSSR count). The maximum Gasteiger partial charge on any atom is 0.0726 e. The van der Waals surface area contributed by atoms with E-state index in [4.69, 9.17) is 9.97 Å². The van der Waals surface area contributed by atoms with Crippen molar-refractivity contribution < 1.29 is 0 Å². The van der Waals surface area contributed by atoms with E-state index in [0.29, 0.717) is 0 Å². The Hall–Kier alpha value is -2.44. The molecule has 0 saturated heterocycles. The number of unbranched alkanes of at least 4 members (excludes halogenated alkanes) is 4. The van der Waals surface area contributed by atoms with Gasteiger partial charge in [-0.25, -0.2) is 0 Å². The molecule has 2 aliphatic rings. The molecule has 2 heterocycles. The Morgan fingerprint density at radius 1 is 0.524 bits per heavy atom. The molecule has 0 spiro atoms. The number of fused-ring (bicyclic) bond motifs is 4. The van der Waals surface area contributed by atoms with E-state index in [9.17, 15) is 0 Å². The van der Waals surface area contributed by atoms with Crippen LogP contribution in [-0.4, -0.2) is 34.6 Å². The van der Waals surface area contributed by atoms with Crippen molar-refractivity contribution >= 4 is 54.8 Å². The summed E-state index contributed by atoms with van der Waals surface area (Å²) in [6.07, 6.45) is 17.4. The molecular formula is C36H46N4S2. The zero-order valence-corrected chi connectivity index (χ0v) is 26.7. The number of aromatic nitrogens is 2. The van der Waals surface area contributed by atoms with Crippen molar-refractivity contribution in [1.29, 1.82) is 0 Å². The van der Waals surface area contributed by atoms with Crippen LogP contribution < -0.4 is 10.6 Å². The van der Waals surface area contributed by atoms with Crippen LogP contribution in [0, 0.1) is 0 Å². The lowest BCUT2D eigenvalue weighted by Gasteiger charge is -2.21. The van der Waals surface area contributed by atoms with Crippen molar-refractivity contribution in [2.45, 2.75) is 89.9 Å². The molecule has 0 fully saturated rings. The van der Waals surface area contributed by atoms with E-state index in [1.807, 2.05) is 0 Å². The first kappa shape index (κ1) is 29.6. The first-order valence-electron chi connectivity index (χ1n) is 16.4. The van der Waals surface area contributed by atoms with E-state index >= 15 is 0 Å². The summed E-state index contributed by atoms with van der Waals surface area (Å²) in [5, 5.41) is 10.2. The molecule has 0 aliphatic heterocycles. The summed E-state index contributed by atoms with van der Waals surface area (Å²) in [6.45, 7) is 2.12. The summed E-state index contributed by atoms with van der Waals surface area (Å²) in [5.41, 5.74) is 10.6. The Kier molecular flexibility index (Phi) is 10.8. The van der Waals surface area contributed by atoms with Gasteiger partial charge in [0.2, 0.25) is 0 Å². The SMILES string of the molecule is c1ccc2c(NCCCCCSSCCCCCNc3c4c(nc5ccccc35)CCCC4)c3c(nc2c1)CCCC3. The third kappa shape index (κ3) is 7.37. The predicted molar refractivity (Wildman–Crippen MR) is 186 cm³/mol. The van der Waals surface area contributed by atoms with Crippen LogP contribution in [0.4, 0.5) is 11.4 Å². The van der Waals surface area contributed by atoms with Gasteiger partial charge in [-0.05, 0) is 100 Å². The lowest BCUT2D eigenvalue weighted by molar-refractivity contribution is 0.671. The van der Waals surface area contributed by atoms with Gasteiger partial charge in [0.1, 0.15) is 0 Å². The number of nitrogens with one attached hydrogen (secondary N) is 2. The number of benzene rings is 2. The third-order valence-corrected chi connectivity index (χ3v) is 11.4. The van der Waals surface area contributed by atoms with Gasteiger partial charge in [-0.3, -0.25) is 9.97 Å². The second-order valence-corrected chi connectivity index (χ2v) is 14.6. The fourth-order valence-electron chi connectivity index (χ4n) is 6.62. The van der Waals surface area contributed by atoms with Crippen LogP contribution in [0.25, 0.3) is 21.8 Å². The van der Waals surface area contributed by atoms with Gasteiger partial charge in [0.05, 0.1) is 11.0 Å². The molecule has 4 aromatic rings. The molecule has 222 valence electrons. The first-order valence-corrected chi connectivity index (χ1v) is 18.9. The van der Waals surface area contributed by atoms with Gasteiger partial charge in [-0.2, -0.15) is 0 Å². The van der Waals surface area contributed by atoms with E-state index in [1.54, 1.807) is 0 Å². The molecular weight excluding hydrogens is 553 g/mol. The largest absolute Gasteiger partial charge is 0.384 e. The van der Waals surface area contributed by atoms with Gasteiger partial charge in [0, 0.05) is 58.1 Å². The van der Waals surface area contributed by atoms with Crippen LogP contribution in [0.15, 0.2) is 48.5 Å². The lowest BCUT2D eigenvalue weighted by Crippen LogP contribution is -2.12. The van der Waals surface area contributed by atoms with Gasteiger partial charge in [0.25, 0.3) is 0 Å². The Balaban J connectivity index is 0.832. The molecule has 2 N–H and O–H groups in total. The summed E-state index contributed by atoms with van der Waals surface area (Å²) >= 11 is 0. The quantitative estimate of drug-likeness (QED) is 0.105. The van der Waals surface area contributed by atoms with Crippen LogP contribution in [-0.2, 0) is 25.7 Å². The summed E-state index contributed by atoms with van der Waals surface area (Å²) in [4.78, 5) is 9.95. The summed E-state index contributed by atoms with van der Waals surface area (Å²) in [6, 6.07) is 17.3. The summed E-state index contributed by atoms with van der Waals surface area (Å²) < 4.78 is 0. The smallest absolute Gasteiger partial charge is 0.0726 e.